The number of nitrogens with zero attached hydrogens (tertiary/aromatic N) is 2. The number of rotatable bonds is 5. The lowest BCUT2D eigenvalue weighted by molar-refractivity contribution is -0.385. The SMILES string of the molecule is CC(C)N(CCO)C(=O)c1cccc([N+](=O)[O-])c1O. The number of aliphatic hydroxyl groups is 1. The van der Waals surface area contributed by atoms with Gasteiger partial charge in [0.25, 0.3) is 5.91 Å². The van der Waals surface area contributed by atoms with Crippen molar-refractivity contribution in [1.82, 2.24) is 4.90 Å². The molecule has 0 aliphatic heterocycles. The monoisotopic (exact) mass is 268 g/mol. The quantitative estimate of drug-likeness (QED) is 0.615. The highest BCUT2D eigenvalue weighted by atomic mass is 16.6. The molecule has 1 amide bonds. The van der Waals surface area contributed by atoms with Crippen LogP contribution in [0.2, 0.25) is 0 Å². The van der Waals surface area contributed by atoms with Crippen molar-refractivity contribution >= 4 is 11.6 Å². The number of carbonyl (C=O) groups excluding carboxylic acids is 1. The van der Waals surface area contributed by atoms with E-state index < -0.39 is 22.3 Å². The number of nitro benzene ring substituents is 1. The maximum atomic E-state index is 12.2. The Kier molecular flexibility index (Phi) is 4.82. The molecule has 1 rings (SSSR count). The molecule has 0 heterocycles. The normalized spacial score (nSPS) is 10.5. The topological polar surface area (TPSA) is 104 Å². The molecule has 0 fully saturated rings. The zero-order valence-electron chi connectivity index (χ0n) is 10.7. The minimum Gasteiger partial charge on any atom is -0.502 e. The molecule has 19 heavy (non-hydrogen) atoms. The van der Waals surface area contributed by atoms with Gasteiger partial charge in [0.1, 0.15) is 0 Å². The first kappa shape index (κ1) is 14.9. The molecule has 1 aromatic rings. The predicted molar refractivity (Wildman–Crippen MR) is 68.0 cm³/mol. The van der Waals surface area contributed by atoms with Crippen LogP contribution in [0.25, 0.3) is 0 Å². The van der Waals surface area contributed by atoms with Crippen LogP contribution in [0.3, 0.4) is 0 Å². The van der Waals surface area contributed by atoms with E-state index in [0.29, 0.717) is 0 Å². The fourth-order valence-corrected chi connectivity index (χ4v) is 1.71. The number of aliphatic hydroxyl groups excluding tert-OH is 1. The summed E-state index contributed by atoms with van der Waals surface area (Å²) in [7, 11) is 0. The van der Waals surface area contributed by atoms with E-state index >= 15 is 0 Å². The van der Waals surface area contributed by atoms with E-state index in [9.17, 15) is 20.0 Å². The molecule has 2 N–H and O–H groups in total. The highest BCUT2D eigenvalue weighted by Crippen LogP contribution is 2.30. The van der Waals surface area contributed by atoms with E-state index in [2.05, 4.69) is 0 Å². The summed E-state index contributed by atoms with van der Waals surface area (Å²) in [4.78, 5) is 23.5. The van der Waals surface area contributed by atoms with Crippen LogP contribution in [0.15, 0.2) is 18.2 Å². The maximum absolute atomic E-state index is 12.2. The van der Waals surface area contributed by atoms with Gasteiger partial charge in [-0.15, -0.1) is 0 Å². The summed E-state index contributed by atoms with van der Waals surface area (Å²) < 4.78 is 0. The van der Waals surface area contributed by atoms with Crippen molar-refractivity contribution in [2.75, 3.05) is 13.2 Å². The molecule has 7 nitrogen and oxygen atoms in total. The van der Waals surface area contributed by atoms with Crippen LogP contribution < -0.4 is 0 Å². The maximum Gasteiger partial charge on any atom is 0.311 e. The third kappa shape index (κ3) is 3.19. The number of nitro groups is 1. The highest BCUT2D eigenvalue weighted by Gasteiger charge is 2.25. The minimum atomic E-state index is -0.752. The Balaban J connectivity index is 3.18. The van der Waals surface area contributed by atoms with E-state index in [4.69, 9.17) is 5.11 Å². The van der Waals surface area contributed by atoms with E-state index in [1.807, 2.05) is 0 Å². The molecule has 0 saturated carbocycles. The molecule has 0 unspecified atom stereocenters. The standard InChI is InChI=1S/C12H16N2O5/c1-8(2)13(6-7-15)12(17)9-4-3-5-10(11(9)16)14(18)19/h3-5,8,15-16H,6-7H2,1-2H3. The molecule has 1 aromatic carbocycles. The van der Waals surface area contributed by atoms with Crippen LogP contribution >= 0.6 is 0 Å². The van der Waals surface area contributed by atoms with Crippen LogP contribution in [0.1, 0.15) is 24.2 Å². The fourth-order valence-electron chi connectivity index (χ4n) is 1.71. The molecule has 0 radical (unpaired) electrons. The van der Waals surface area contributed by atoms with Gasteiger partial charge >= 0.3 is 5.69 Å². The van der Waals surface area contributed by atoms with Gasteiger partial charge in [-0.05, 0) is 19.9 Å². The second-order valence-electron chi connectivity index (χ2n) is 4.25. The number of benzene rings is 1. The Morgan fingerprint density at radius 3 is 2.58 bits per heavy atom. The van der Waals surface area contributed by atoms with Gasteiger partial charge in [0.05, 0.1) is 17.1 Å². The number of aromatic hydroxyl groups is 1. The van der Waals surface area contributed by atoms with Crippen LogP contribution in [0, 0.1) is 10.1 Å². The summed E-state index contributed by atoms with van der Waals surface area (Å²) in [6.07, 6.45) is 0. The largest absolute Gasteiger partial charge is 0.502 e. The van der Waals surface area contributed by atoms with Gasteiger partial charge in [0, 0.05) is 18.7 Å². The van der Waals surface area contributed by atoms with Gasteiger partial charge in [-0.3, -0.25) is 14.9 Å². The number of para-hydroxylation sites is 1. The van der Waals surface area contributed by atoms with E-state index in [1.54, 1.807) is 13.8 Å². The molecule has 7 heteroatoms. The lowest BCUT2D eigenvalue weighted by atomic mass is 10.1. The van der Waals surface area contributed by atoms with Gasteiger partial charge < -0.3 is 15.1 Å². The van der Waals surface area contributed by atoms with E-state index in [-0.39, 0.29) is 24.8 Å². The van der Waals surface area contributed by atoms with Crippen LogP contribution in [0.5, 0.6) is 5.75 Å². The number of hydrogen-bond donors (Lipinski definition) is 2. The number of carbonyl (C=O) groups is 1. The van der Waals surface area contributed by atoms with Crippen molar-refractivity contribution in [2.24, 2.45) is 0 Å². The predicted octanol–water partition coefficient (Wildman–Crippen LogP) is 1.14. The Labute approximate surface area is 110 Å². The van der Waals surface area contributed by atoms with Crippen LogP contribution in [-0.2, 0) is 0 Å². The molecule has 0 aromatic heterocycles. The van der Waals surface area contributed by atoms with Crippen molar-refractivity contribution in [1.29, 1.82) is 0 Å². The van der Waals surface area contributed by atoms with Crippen LogP contribution in [-0.4, -0.2) is 45.1 Å². The summed E-state index contributed by atoms with van der Waals surface area (Å²) in [5.74, 6) is -1.20. The first-order valence-electron chi connectivity index (χ1n) is 5.78. The zero-order valence-corrected chi connectivity index (χ0v) is 10.7. The first-order valence-corrected chi connectivity index (χ1v) is 5.78. The van der Waals surface area contributed by atoms with Crippen molar-refractivity contribution in [2.45, 2.75) is 19.9 Å². The van der Waals surface area contributed by atoms with E-state index in [1.165, 1.54) is 17.0 Å². The average molecular weight is 268 g/mol. The second-order valence-corrected chi connectivity index (χ2v) is 4.25. The molecule has 0 bridgehead atoms. The summed E-state index contributed by atoms with van der Waals surface area (Å²) in [5, 5.41) is 29.4. The third-order valence-corrected chi connectivity index (χ3v) is 2.67. The Morgan fingerprint density at radius 1 is 1.47 bits per heavy atom. The molecular formula is C12H16N2O5. The van der Waals surface area contributed by atoms with Gasteiger partial charge in [0.2, 0.25) is 5.75 Å². The molecule has 104 valence electrons. The first-order chi connectivity index (χ1) is 8.90. The molecule has 0 atom stereocenters. The summed E-state index contributed by atoms with van der Waals surface area (Å²) >= 11 is 0. The van der Waals surface area contributed by atoms with Crippen LogP contribution in [0.4, 0.5) is 5.69 Å². The number of hydrogen-bond acceptors (Lipinski definition) is 5. The number of phenols is 1. The molecule has 0 aliphatic rings. The average Bonchev–Trinajstić information content (AvgIpc) is 2.34. The van der Waals surface area contributed by atoms with Crippen molar-refractivity contribution in [3.63, 3.8) is 0 Å². The lowest BCUT2D eigenvalue weighted by Crippen LogP contribution is -2.39. The zero-order chi connectivity index (χ0) is 14.6. The number of amides is 1. The lowest BCUT2D eigenvalue weighted by Gasteiger charge is -2.26. The smallest absolute Gasteiger partial charge is 0.311 e. The highest BCUT2D eigenvalue weighted by molar-refractivity contribution is 5.98. The van der Waals surface area contributed by atoms with Crippen molar-refractivity contribution in [3.8, 4) is 5.75 Å². The molecule has 0 saturated heterocycles. The summed E-state index contributed by atoms with van der Waals surface area (Å²) in [5.41, 5.74) is -0.657. The van der Waals surface area contributed by atoms with Crippen molar-refractivity contribution in [3.05, 3.63) is 33.9 Å². The Morgan fingerprint density at radius 2 is 2.11 bits per heavy atom. The van der Waals surface area contributed by atoms with Crippen molar-refractivity contribution < 1.29 is 19.9 Å². The Bertz CT molecular complexity index is 487. The second kappa shape index (κ2) is 6.14. The molecule has 0 spiro atoms. The van der Waals surface area contributed by atoms with Gasteiger partial charge in [-0.2, -0.15) is 0 Å². The Hall–Kier alpha value is -2.15. The minimum absolute atomic E-state index is 0.0959. The summed E-state index contributed by atoms with van der Waals surface area (Å²) in [6.45, 7) is 3.38. The molecular weight excluding hydrogens is 252 g/mol. The fraction of sp³-hybridized carbons (Fsp3) is 0.417. The van der Waals surface area contributed by atoms with Gasteiger partial charge in [-0.1, -0.05) is 6.07 Å². The van der Waals surface area contributed by atoms with Gasteiger partial charge in [0.15, 0.2) is 0 Å². The van der Waals surface area contributed by atoms with Gasteiger partial charge in [-0.25, -0.2) is 0 Å². The summed E-state index contributed by atoms with van der Waals surface area (Å²) in [6, 6.07) is 3.58. The third-order valence-electron chi connectivity index (χ3n) is 2.67. The molecule has 0 aliphatic carbocycles. The number of phenolic OH excluding ortho intramolecular Hbond substituents is 1. The van der Waals surface area contributed by atoms with E-state index in [0.717, 1.165) is 6.07 Å².